The molecule has 2 rings (SSSR count). The van der Waals surface area contributed by atoms with E-state index in [2.05, 4.69) is 29.2 Å². The van der Waals surface area contributed by atoms with Gasteiger partial charge in [-0.15, -0.1) is 0 Å². The van der Waals surface area contributed by atoms with Gasteiger partial charge < -0.3 is 5.32 Å². The largest absolute Gasteiger partial charge is 0.314 e. The van der Waals surface area contributed by atoms with Gasteiger partial charge >= 0.3 is 0 Å². The molecule has 0 amide bonds. The van der Waals surface area contributed by atoms with Crippen LogP contribution in [0.15, 0.2) is 6.33 Å². The number of aromatic nitrogens is 3. The third kappa shape index (κ3) is 3.80. The third-order valence-electron chi connectivity index (χ3n) is 3.44. The van der Waals surface area contributed by atoms with E-state index in [0.29, 0.717) is 5.92 Å². The summed E-state index contributed by atoms with van der Waals surface area (Å²) in [6.07, 6.45) is 7.99. The SMILES string of the molecule is CCCC(CNC1CC1)Cc1ncnn1CC. The lowest BCUT2D eigenvalue weighted by Crippen LogP contribution is -2.27. The molecule has 1 saturated carbocycles. The molecule has 0 spiro atoms. The minimum absolute atomic E-state index is 0.704. The molecule has 17 heavy (non-hydrogen) atoms. The Balaban J connectivity index is 1.86. The zero-order valence-corrected chi connectivity index (χ0v) is 11.0. The van der Waals surface area contributed by atoms with Crippen molar-refractivity contribution in [1.29, 1.82) is 0 Å². The highest BCUT2D eigenvalue weighted by atomic mass is 15.3. The van der Waals surface area contributed by atoms with E-state index >= 15 is 0 Å². The molecule has 1 aliphatic rings. The normalized spacial score (nSPS) is 17.3. The number of aryl methyl sites for hydroxylation is 1. The summed E-state index contributed by atoms with van der Waals surface area (Å²) < 4.78 is 2.01. The summed E-state index contributed by atoms with van der Waals surface area (Å²) in [7, 11) is 0. The molecular weight excluding hydrogens is 212 g/mol. The van der Waals surface area contributed by atoms with E-state index in [9.17, 15) is 0 Å². The summed E-state index contributed by atoms with van der Waals surface area (Å²) in [4.78, 5) is 4.38. The second kappa shape index (κ2) is 6.15. The smallest absolute Gasteiger partial charge is 0.138 e. The number of rotatable bonds is 8. The zero-order valence-electron chi connectivity index (χ0n) is 11.0. The van der Waals surface area contributed by atoms with E-state index < -0.39 is 0 Å². The Morgan fingerprint density at radius 1 is 1.47 bits per heavy atom. The average molecular weight is 236 g/mol. The monoisotopic (exact) mass is 236 g/mol. The maximum absolute atomic E-state index is 4.38. The fourth-order valence-electron chi connectivity index (χ4n) is 2.27. The molecule has 1 aromatic heterocycles. The van der Waals surface area contributed by atoms with Gasteiger partial charge in [0.05, 0.1) is 0 Å². The second-order valence-corrected chi connectivity index (χ2v) is 5.03. The Labute approximate surface area is 104 Å². The Morgan fingerprint density at radius 3 is 2.94 bits per heavy atom. The molecule has 0 aliphatic heterocycles. The van der Waals surface area contributed by atoms with Crippen molar-refractivity contribution < 1.29 is 0 Å². The van der Waals surface area contributed by atoms with Gasteiger partial charge in [0.15, 0.2) is 0 Å². The van der Waals surface area contributed by atoms with Crippen molar-refractivity contribution in [1.82, 2.24) is 20.1 Å². The van der Waals surface area contributed by atoms with Crippen LogP contribution >= 0.6 is 0 Å². The van der Waals surface area contributed by atoms with Crippen molar-refractivity contribution in [2.24, 2.45) is 5.92 Å². The van der Waals surface area contributed by atoms with Crippen LogP contribution in [0.25, 0.3) is 0 Å². The van der Waals surface area contributed by atoms with E-state index in [1.54, 1.807) is 6.33 Å². The fraction of sp³-hybridized carbons (Fsp3) is 0.846. The van der Waals surface area contributed by atoms with Crippen molar-refractivity contribution in [2.45, 2.75) is 58.5 Å². The van der Waals surface area contributed by atoms with Crippen LogP contribution in [0.3, 0.4) is 0 Å². The van der Waals surface area contributed by atoms with Crippen LogP contribution < -0.4 is 5.32 Å². The molecule has 0 radical (unpaired) electrons. The first kappa shape index (κ1) is 12.6. The number of hydrogen-bond donors (Lipinski definition) is 1. The summed E-state index contributed by atoms with van der Waals surface area (Å²) in [5.74, 6) is 1.85. The number of nitrogens with zero attached hydrogens (tertiary/aromatic N) is 3. The minimum atomic E-state index is 0.704. The Bertz CT molecular complexity index is 330. The molecule has 0 bridgehead atoms. The zero-order chi connectivity index (χ0) is 12.1. The van der Waals surface area contributed by atoms with Gasteiger partial charge in [0, 0.05) is 19.0 Å². The van der Waals surface area contributed by atoms with Crippen molar-refractivity contribution >= 4 is 0 Å². The molecule has 1 fully saturated rings. The molecule has 1 aliphatic carbocycles. The Hall–Kier alpha value is -0.900. The molecule has 96 valence electrons. The lowest BCUT2D eigenvalue weighted by Gasteiger charge is -2.16. The molecule has 4 heteroatoms. The third-order valence-corrected chi connectivity index (χ3v) is 3.44. The summed E-state index contributed by atoms with van der Waals surface area (Å²) in [5, 5.41) is 7.87. The van der Waals surface area contributed by atoms with Crippen LogP contribution in [-0.2, 0) is 13.0 Å². The van der Waals surface area contributed by atoms with Gasteiger partial charge in [-0.25, -0.2) is 4.98 Å². The fourth-order valence-corrected chi connectivity index (χ4v) is 2.27. The topological polar surface area (TPSA) is 42.7 Å². The Morgan fingerprint density at radius 2 is 2.29 bits per heavy atom. The first-order chi connectivity index (χ1) is 8.33. The van der Waals surface area contributed by atoms with E-state index in [-0.39, 0.29) is 0 Å². The van der Waals surface area contributed by atoms with Crippen LogP contribution in [-0.4, -0.2) is 27.4 Å². The van der Waals surface area contributed by atoms with Gasteiger partial charge in [-0.2, -0.15) is 5.10 Å². The van der Waals surface area contributed by atoms with Crippen molar-refractivity contribution in [3.8, 4) is 0 Å². The standard InChI is InChI=1S/C13H24N4/c1-3-5-11(9-14-12-6-7-12)8-13-15-10-16-17(13)4-2/h10-12,14H,3-9H2,1-2H3. The van der Waals surface area contributed by atoms with E-state index in [4.69, 9.17) is 0 Å². The maximum atomic E-state index is 4.38. The summed E-state index contributed by atoms with van der Waals surface area (Å²) in [5.41, 5.74) is 0. The van der Waals surface area contributed by atoms with Crippen LogP contribution in [0.4, 0.5) is 0 Å². The summed E-state index contributed by atoms with van der Waals surface area (Å²) in [6.45, 7) is 6.43. The minimum Gasteiger partial charge on any atom is -0.314 e. The van der Waals surface area contributed by atoms with Crippen molar-refractivity contribution in [3.05, 3.63) is 12.2 Å². The second-order valence-electron chi connectivity index (χ2n) is 5.03. The number of nitrogens with one attached hydrogen (secondary N) is 1. The van der Waals surface area contributed by atoms with Gasteiger partial charge in [-0.3, -0.25) is 4.68 Å². The lowest BCUT2D eigenvalue weighted by molar-refractivity contribution is 0.419. The first-order valence-electron chi connectivity index (χ1n) is 6.93. The van der Waals surface area contributed by atoms with Gasteiger partial charge in [0.1, 0.15) is 12.2 Å². The average Bonchev–Trinajstić information content (AvgIpc) is 3.06. The highest BCUT2D eigenvalue weighted by Gasteiger charge is 2.22. The molecular formula is C13H24N4. The molecule has 1 unspecified atom stereocenters. The molecule has 0 saturated heterocycles. The van der Waals surface area contributed by atoms with Crippen molar-refractivity contribution in [3.63, 3.8) is 0 Å². The van der Waals surface area contributed by atoms with Gasteiger partial charge in [-0.05, 0) is 38.6 Å². The van der Waals surface area contributed by atoms with E-state index in [1.165, 1.54) is 25.7 Å². The lowest BCUT2D eigenvalue weighted by atomic mass is 9.99. The first-order valence-corrected chi connectivity index (χ1v) is 6.93. The van der Waals surface area contributed by atoms with Crippen molar-refractivity contribution in [2.75, 3.05) is 6.54 Å². The van der Waals surface area contributed by atoms with Gasteiger partial charge in [0.2, 0.25) is 0 Å². The summed E-state index contributed by atoms with van der Waals surface area (Å²) >= 11 is 0. The predicted molar refractivity (Wildman–Crippen MR) is 68.8 cm³/mol. The molecule has 1 heterocycles. The van der Waals surface area contributed by atoms with Crippen LogP contribution in [0.1, 0.15) is 45.4 Å². The molecule has 1 aromatic rings. The molecule has 4 nitrogen and oxygen atoms in total. The number of hydrogen-bond acceptors (Lipinski definition) is 3. The predicted octanol–water partition coefficient (Wildman–Crippen LogP) is 2.01. The van der Waals surface area contributed by atoms with Gasteiger partial charge in [0.25, 0.3) is 0 Å². The Kier molecular flexibility index (Phi) is 4.54. The molecule has 1 atom stereocenters. The highest BCUT2D eigenvalue weighted by Crippen LogP contribution is 2.20. The van der Waals surface area contributed by atoms with Crippen LogP contribution in [0.5, 0.6) is 0 Å². The van der Waals surface area contributed by atoms with E-state index in [1.807, 2.05) is 4.68 Å². The summed E-state index contributed by atoms with van der Waals surface area (Å²) in [6, 6.07) is 0.804. The maximum Gasteiger partial charge on any atom is 0.138 e. The van der Waals surface area contributed by atoms with E-state index in [0.717, 1.165) is 31.4 Å². The highest BCUT2D eigenvalue weighted by molar-refractivity contribution is 4.89. The van der Waals surface area contributed by atoms with Crippen LogP contribution in [0, 0.1) is 5.92 Å². The van der Waals surface area contributed by atoms with Gasteiger partial charge in [-0.1, -0.05) is 13.3 Å². The molecule has 1 N–H and O–H groups in total. The van der Waals surface area contributed by atoms with Crippen LogP contribution in [0.2, 0.25) is 0 Å². The quantitative estimate of drug-likeness (QED) is 0.751. The molecule has 0 aromatic carbocycles.